The minimum Gasteiger partial charge on any atom is -0.343 e. The van der Waals surface area contributed by atoms with Gasteiger partial charge in [-0.1, -0.05) is 24.6 Å². The molecule has 3 aliphatic heterocycles. The molecule has 2 fully saturated rings. The van der Waals surface area contributed by atoms with Crippen LogP contribution in [0.5, 0.6) is 0 Å². The minimum atomic E-state index is -0.0410. The number of rotatable bonds is 4. The van der Waals surface area contributed by atoms with Crippen molar-refractivity contribution in [1.29, 1.82) is 0 Å². The van der Waals surface area contributed by atoms with E-state index in [1.54, 1.807) is 0 Å². The van der Waals surface area contributed by atoms with Gasteiger partial charge in [-0.25, -0.2) is 0 Å². The van der Waals surface area contributed by atoms with Crippen molar-refractivity contribution in [1.82, 2.24) is 10.2 Å². The van der Waals surface area contributed by atoms with E-state index in [9.17, 15) is 9.59 Å². The fourth-order valence-electron chi connectivity index (χ4n) is 4.45. The molecule has 2 saturated heterocycles. The van der Waals surface area contributed by atoms with Crippen molar-refractivity contribution in [2.45, 2.75) is 50.5 Å². The number of benzene rings is 1. The maximum Gasteiger partial charge on any atom is 0.244 e. The normalized spacial score (nSPS) is 26.2. The van der Waals surface area contributed by atoms with Crippen LogP contribution in [0.15, 0.2) is 24.3 Å². The Balaban J connectivity index is 1.47. The molecule has 0 saturated carbocycles. The molecule has 0 radical (unpaired) electrons. The summed E-state index contributed by atoms with van der Waals surface area (Å²) in [5, 5.41) is 3.38. The zero-order chi connectivity index (χ0) is 17.2. The van der Waals surface area contributed by atoms with Crippen LogP contribution < -0.4 is 10.2 Å². The topological polar surface area (TPSA) is 52.7 Å². The van der Waals surface area contributed by atoms with Crippen LogP contribution in [0.4, 0.5) is 5.69 Å². The highest BCUT2D eigenvalue weighted by Gasteiger charge is 2.36. The van der Waals surface area contributed by atoms with Crippen molar-refractivity contribution in [2.24, 2.45) is 0 Å². The molecule has 25 heavy (non-hydrogen) atoms. The number of likely N-dealkylation sites (tertiary alicyclic amines) is 1. The molecular formula is C20H27N3O2. The summed E-state index contributed by atoms with van der Waals surface area (Å²) >= 11 is 0. The third-order valence-corrected chi connectivity index (χ3v) is 5.86. The fourth-order valence-corrected chi connectivity index (χ4v) is 4.45. The molecule has 0 bridgehead atoms. The van der Waals surface area contributed by atoms with Gasteiger partial charge < -0.3 is 15.1 Å². The van der Waals surface area contributed by atoms with Crippen molar-refractivity contribution >= 4 is 17.5 Å². The number of piperidine rings is 1. The summed E-state index contributed by atoms with van der Waals surface area (Å²) in [6, 6.07) is 8.24. The maximum atomic E-state index is 13.0. The molecule has 3 heterocycles. The Bertz CT molecular complexity index is 654. The number of nitrogens with zero attached hydrogens (tertiary/aromatic N) is 2. The second-order valence-corrected chi connectivity index (χ2v) is 7.48. The van der Waals surface area contributed by atoms with Gasteiger partial charge in [-0.2, -0.15) is 0 Å². The second kappa shape index (κ2) is 7.16. The van der Waals surface area contributed by atoms with Gasteiger partial charge in [-0.3, -0.25) is 9.59 Å². The Morgan fingerprint density at radius 2 is 2.08 bits per heavy atom. The highest BCUT2D eigenvalue weighted by atomic mass is 16.2. The molecule has 4 rings (SSSR count). The first-order chi connectivity index (χ1) is 12.2. The van der Waals surface area contributed by atoms with Gasteiger partial charge in [0.1, 0.15) is 0 Å². The van der Waals surface area contributed by atoms with Gasteiger partial charge in [-0.15, -0.1) is 0 Å². The lowest BCUT2D eigenvalue weighted by Crippen LogP contribution is -2.48. The SMILES string of the molecule is O=C1CCCN1CC[C@H]1CN(C(=O)[C@@H]2CCCCN2)c2ccccc21. The van der Waals surface area contributed by atoms with Crippen LogP contribution in [0.2, 0.25) is 0 Å². The molecule has 5 nitrogen and oxygen atoms in total. The summed E-state index contributed by atoms with van der Waals surface area (Å²) in [6.07, 6.45) is 5.83. The van der Waals surface area contributed by atoms with Crippen LogP contribution in [-0.4, -0.2) is 48.9 Å². The first-order valence-corrected chi connectivity index (χ1v) is 9.65. The molecule has 5 heteroatoms. The standard InChI is InChI=1S/C20H27N3O2/c24-19-9-5-12-22(19)13-10-15-14-23(18-8-2-1-6-16(15)18)20(25)17-7-3-4-11-21-17/h1-2,6,8,15,17,21H,3-5,7,9-14H2/t15-,17-/m0/s1. The molecule has 1 N–H and O–H groups in total. The predicted molar refractivity (Wildman–Crippen MR) is 97.6 cm³/mol. The van der Waals surface area contributed by atoms with Crippen LogP contribution in [0.1, 0.15) is 50.0 Å². The molecule has 1 aromatic rings. The van der Waals surface area contributed by atoms with E-state index in [4.69, 9.17) is 0 Å². The molecule has 2 atom stereocenters. The minimum absolute atomic E-state index is 0.0410. The highest BCUT2D eigenvalue weighted by Crippen LogP contribution is 2.38. The fraction of sp³-hybridized carbons (Fsp3) is 0.600. The average Bonchev–Trinajstić information content (AvgIpc) is 3.23. The summed E-state index contributed by atoms with van der Waals surface area (Å²) in [6.45, 7) is 3.38. The van der Waals surface area contributed by atoms with Crippen LogP contribution in [-0.2, 0) is 9.59 Å². The van der Waals surface area contributed by atoms with Gasteiger partial charge in [0, 0.05) is 37.7 Å². The van der Waals surface area contributed by atoms with Crippen molar-refractivity contribution in [2.75, 3.05) is 31.1 Å². The lowest BCUT2D eigenvalue weighted by molar-refractivity contribution is -0.127. The lowest BCUT2D eigenvalue weighted by Gasteiger charge is -2.28. The second-order valence-electron chi connectivity index (χ2n) is 7.48. The Labute approximate surface area is 149 Å². The summed E-state index contributed by atoms with van der Waals surface area (Å²) in [7, 11) is 0. The lowest BCUT2D eigenvalue weighted by atomic mass is 9.98. The predicted octanol–water partition coefficient (Wildman–Crippen LogP) is 2.27. The van der Waals surface area contributed by atoms with Gasteiger partial charge in [0.15, 0.2) is 0 Å². The number of carbonyl (C=O) groups is 2. The monoisotopic (exact) mass is 341 g/mol. The third kappa shape index (κ3) is 3.30. The van der Waals surface area contributed by atoms with Gasteiger partial charge in [0.25, 0.3) is 0 Å². The molecular weight excluding hydrogens is 314 g/mol. The molecule has 1 aromatic carbocycles. The number of anilines is 1. The smallest absolute Gasteiger partial charge is 0.244 e. The van der Waals surface area contributed by atoms with Crippen molar-refractivity contribution in [3.8, 4) is 0 Å². The van der Waals surface area contributed by atoms with Gasteiger partial charge in [-0.05, 0) is 43.9 Å². The van der Waals surface area contributed by atoms with E-state index >= 15 is 0 Å². The van der Waals surface area contributed by atoms with Gasteiger partial charge in [0.2, 0.25) is 11.8 Å². The van der Waals surface area contributed by atoms with E-state index in [0.717, 1.165) is 64.0 Å². The summed E-state index contributed by atoms with van der Waals surface area (Å²) < 4.78 is 0. The third-order valence-electron chi connectivity index (χ3n) is 5.86. The van der Waals surface area contributed by atoms with Crippen LogP contribution in [0.3, 0.4) is 0 Å². The number of hydrogen-bond acceptors (Lipinski definition) is 3. The van der Waals surface area contributed by atoms with Crippen LogP contribution in [0, 0.1) is 0 Å². The molecule has 134 valence electrons. The van der Waals surface area contributed by atoms with Crippen LogP contribution in [0.25, 0.3) is 0 Å². The van der Waals surface area contributed by atoms with E-state index < -0.39 is 0 Å². The van der Waals surface area contributed by atoms with E-state index in [1.165, 1.54) is 5.56 Å². The first-order valence-electron chi connectivity index (χ1n) is 9.65. The van der Waals surface area contributed by atoms with E-state index in [0.29, 0.717) is 12.3 Å². The zero-order valence-electron chi connectivity index (χ0n) is 14.7. The summed E-state index contributed by atoms with van der Waals surface area (Å²) in [4.78, 5) is 28.8. The molecule has 0 aromatic heterocycles. The maximum absolute atomic E-state index is 13.0. The van der Waals surface area contributed by atoms with Crippen molar-refractivity contribution in [3.05, 3.63) is 29.8 Å². The zero-order valence-corrected chi connectivity index (χ0v) is 14.7. The largest absolute Gasteiger partial charge is 0.343 e. The van der Waals surface area contributed by atoms with Crippen LogP contribution >= 0.6 is 0 Å². The quantitative estimate of drug-likeness (QED) is 0.914. The summed E-state index contributed by atoms with van der Waals surface area (Å²) in [5.41, 5.74) is 2.33. The van der Waals surface area contributed by atoms with Crippen molar-refractivity contribution < 1.29 is 9.59 Å². The molecule has 3 aliphatic rings. The number of para-hydroxylation sites is 1. The highest BCUT2D eigenvalue weighted by molar-refractivity contribution is 5.99. The molecule has 0 aliphatic carbocycles. The number of amides is 2. The number of nitrogens with one attached hydrogen (secondary N) is 1. The number of carbonyl (C=O) groups excluding carboxylic acids is 2. The van der Waals surface area contributed by atoms with E-state index in [1.807, 2.05) is 15.9 Å². The number of hydrogen-bond donors (Lipinski definition) is 1. The Kier molecular flexibility index (Phi) is 4.75. The van der Waals surface area contributed by atoms with E-state index in [2.05, 4.69) is 23.5 Å². The van der Waals surface area contributed by atoms with Gasteiger partial charge in [0.05, 0.1) is 6.04 Å². The van der Waals surface area contributed by atoms with Gasteiger partial charge >= 0.3 is 0 Å². The van der Waals surface area contributed by atoms with Crippen molar-refractivity contribution in [3.63, 3.8) is 0 Å². The first kappa shape index (κ1) is 16.6. The molecule has 0 spiro atoms. The molecule has 2 amide bonds. The Morgan fingerprint density at radius 1 is 1.20 bits per heavy atom. The molecule has 0 unspecified atom stereocenters. The Hall–Kier alpha value is -1.88. The van der Waals surface area contributed by atoms with E-state index in [-0.39, 0.29) is 17.9 Å². The Morgan fingerprint density at radius 3 is 2.84 bits per heavy atom. The summed E-state index contributed by atoms with van der Waals surface area (Å²) in [5.74, 6) is 0.828. The average molecular weight is 341 g/mol. The number of fused-ring (bicyclic) bond motifs is 1.